The van der Waals surface area contributed by atoms with Gasteiger partial charge in [-0.25, -0.2) is 13.4 Å². The van der Waals surface area contributed by atoms with Crippen molar-refractivity contribution >= 4 is 33.0 Å². The van der Waals surface area contributed by atoms with Crippen molar-refractivity contribution in [2.45, 2.75) is 18.3 Å². The van der Waals surface area contributed by atoms with E-state index < -0.39 is 38.5 Å². The number of nitrogens with zero attached hydrogens (tertiary/aromatic N) is 2. The van der Waals surface area contributed by atoms with Gasteiger partial charge in [-0.05, 0) is 42.8 Å². The average Bonchev–Trinajstić information content (AvgIpc) is 2.79. The van der Waals surface area contributed by atoms with E-state index in [9.17, 15) is 31.2 Å². The molecule has 3 rings (SSSR count). The van der Waals surface area contributed by atoms with Crippen LogP contribution in [-0.2, 0) is 16.0 Å². The molecule has 0 unspecified atom stereocenters. The number of halogens is 3. The monoisotopic (exact) mass is 508 g/mol. The minimum Gasteiger partial charge on any atom is -0.480 e. The highest BCUT2D eigenvalue weighted by Crippen LogP contribution is 2.30. The summed E-state index contributed by atoms with van der Waals surface area (Å²) in [6.07, 6.45) is -2.68. The Labute approximate surface area is 198 Å². The van der Waals surface area contributed by atoms with Gasteiger partial charge in [-0.15, -0.1) is 0 Å². The Morgan fingerprint density at radius 2 is 1.74 bits per heavy atom. The Kier molecular flexibility index (Phi) is 7.10. The van der Waals surface area contributed by atoms with Crippen molar-refractivity contribution < 1.29 is 35.9 Å². The van der Waals surface area contributed by atoms with Gasteiger partial charge in [0, 0.05) is 29.4 Å². The average molecular weight is 508 g/mol. The first-order valence-corrected chi connectivity index (χ1v) is 11.7. The van der Waals surface area contributed by atoms with Crippen molar-refractivity contribution in [1.29, 1.82) is 0 Å². The van der Waals surface area contributed by atoms with Crippen LogP contribution in [0.3, 0.4) is 0 Å². The van der Waals surface area contributed by atoms with Crippen molar-refractivity contribution in [3.05, 3.63) is 70.9 Å². The number of rotatable bonds is 6. The molecule has 0 atom stereocenters. The summed E-state index contributed by atoms with van der Waals surface area (Å²) in [6, 6.07) is 8.47. The molecule has 13 heteroatoms. The lowest BCUT2D eigenvalue weighted by molar-refractivity contribution is -0.137. The van der Waals surface area contributed by atoms with Crippen molar-refractivity contribution in [2.75, 3.05) is 24.0 Å². The second kappa shape index (κ2) is 9.70. The van der Waals surface area contributed by atoms with Gasteiger partial charge in [0.1, 0.15) is 5.56 Å². The molecule has 0 radical (unpaired) electrons. The predicted molar refractivity (Wildman–Crippen MR) is 120 cm³/mol. The smallest absolute Gasteiger partial charge is 0.416 e. The Morgan fingerprint density at radius 3 is 2.37 bits per heavy atom. The van der Waals surface area contributed by atoms with Gasteiger partial charge in [-0.3, -0.25) is 9.59 Å². The van der Waals surface area contributed by atoms with Crippen LogP contribution < -0.4 is 15.4 Å². The molecule has 2 amide bonds. The summed E-state index contributed by atoms with van der Waals surface area (Å²) in [4.78, 5) is 32.7. The van der Waals surface area contributed by atoms with Crippen LogP contribution in [0.2, 0.25) is 0 Å². The summed E-state index contributed by atoms with van der Waals surface area (Å²) >= 11 is 0. The SMILES string of the molecule is COc1nc(S(C)(=O)=O)ncc1C(=O)Nc1cc(NC(=O)c2cccc(C(F)(F)F)c2)ccc1C. The lowest BCUT2D eigenvalue weighted by Crippen LogP contribution is -2.17. The van der Waals surface area contributed by atoms with E-state index in [1.54, 1.807) is 13.0 Å². The zero-order chi connectivity index (χ0) is 26.0. The molecule has 0 bridgehead atoms. The number of anilines is 2. The number of aryl methyl sites for hydroxylation is 1. The number of amides is 2. The van der Waals surface area contributed by atoms with E-state index >= 15 is 0 Å². The van der Waals surface area contributed by atoms with E-state index in [0.717, 1.165) is 30.7 Å². The fraction of sp³-hybridized carbons (Fsp3) is 0.182. The highest BCUT2D eigenvalue weighted by Gasteiger charge is 2.31. The molecule has 3 aromatic rings. The van der Waals surface area contributed by atoms with Crippen LogP contribution in [0.1, 0.15) is 31.8 Å². The Hall–Kier alpha value is -4.00. The normalized spacial score (nSPS) is 11.6. The highest BCUT2D eigenvalue weighted by molar-refractivity contribution is 7.90. The molecule has 0 aliphatic carbocycles. The molecule has 9 nitrogen and oxygen atoms in total. The summed E-state index contributed by atoms with van der Waals surface area (Å²) < 4.78 is 67.1. The van der Waals surface area contributed by atoms with Gasteiger partial charge in [0.2, 0.25) is 20.9 Å². The minimum absolute atomic E-state index is 0.141. The molecule has 184 valence electrons. The number of carbonyl (C=O) groups excluding carboxylic acids is 2. The maximum Gasteiger partial charge on any atom is 0.416 e. The van der Waals surface area contributed by atoms with Crippen molar-refractivity contribution in [3.63, 3.8) is 0 Å². The van der Waals surface area contributed by atoms with Crippen molar-refractivity contribution in [1.82, 2.24) is 9.97 Å². The second-order valence-electron chi connectivity index (χ2n) is 7.36. The summed E-state index contributed by atoms with van der Waals surface area (Å²) in [5.41, 5.74) is -0.213. The van der Waals surface area contributed by atoms with Crippen LogP contribution in [0.5, 0.6) is 5.88 Å². The minimum atomic E-state index is -4.60. The largest absolute Gasteiger partial charge is 0.480 e. The van der Waals surface area contributed by atoms with Gasteiger partial charge in [0.05, 0.1) is 12.7 Å². The maximum absolute atomic E-state index is 12.9. The summed E-state index contributed by atoms with van der Waals surface area (Å²) in [5.74, 6) is -1.75. The Morgan fingerprint density at radius 1 is 1.03 bits per heavy atom. The van der Waals surface area contributed by atoms with Gasteiger partial charge in [-0.1, -0.05) is 12.1 Å². The molecular formula is C22H19F3N4O5S. The second-order valence-corrected chi connectivity index (χ2v) is 9.27. The summed E-state index contributed by atoms with van der Waals surface area (Å²) in [7, 11) is -2.52. The summed E-state index contributed by atoms with van der Waals surface area (Å²) in [6.45, 7) is 1.68. The molecule has 0 fully saturated rings. The zero-order valence-electron chi connectivity index (χ0n) is 18.6. The number of aromatic nitrogens is 2. The predicted octanol–water partition coefficient (Wildman–Crippen LogP) is 3.72. The van der Waals surface area contributed by atoms with Gasteiger partial charge in [-0.2, -0.15) is 18.2 Å². The third-order valence-corrected chi connectivity index (χ3v) is 5.56. The van der Waals surface area contributed by atoms with E-state index in [1.807, 2.05) is 0 Å². The van der Waals surface area contributed by atoms with Crippen LogP contribution in [0, 0.1) is 6.92 Å². The van der Waals surface area contributed by atoms with Gasteiger partial charge >= 0.3 is 6.18 Å². The molecule has 2 aromatic carbocycles. The quantitative estimate of drug-likeness (QED) is 0.486. The standard InChI is InChI=1S/C22H19F3N4O5S/c1-12-7-8-15(27-18(30)13-5-4-6-14(9-13)22(23,24)25)10-17(12)28-19(31)16-11-26-21(35(3,32)33)29-20(16)34-2/h4-11H,1-3H3,(H,27,30)(H,28,31). The maximum atomic E-state index is 12.9. The number of alkyl halides is 3. The molecular weight excluding hydrogens is 489 g/mol. The first kappa shape index (κ1) is 25.6. The zero-order valence-corrected chi connectivity index (χ0v) is 19.4. The van der Waals surface area contributed by atoms with Gasteiger partial charge < -0.3 is 15.4 Å². The number of hydrogen-bond acceptors (Lipinski definition) is 7. The van der Waals surface area contributed by atoms with E-state index in [2.05, 4.69) is 20.6 Å². The molecule has 0 aliphatic rings. The third kappa shape index (κ3) is 6.12. The molecule has 0 saturated heterocycles. The molecule has 1 heterocycles. The Bertz CT molecular complexity index is 1410. The van der Waals surface area contributed by atoms with E-state index in [1.165, 1.54) is 25.3 Å². The lowest BCUT2D eigenvalue weighted by Gasteiger charge is -2.13. The molecule has 35 heavy (non-hydrogen) atoms. The summed E-state index contributed by atoms with van der Waals surface area (Å²) in [5, 5.41) is 4.57. The van der Waals surface area contributed by atoms with Gasteiger partial charge in [0.25, 0.3) is 11.8 Å². The number of benzene rings is 2. The van der Waals surface area contributed by atoms with E-state index in [0.29, 0.717) is 5.56 Å². The van der Waals surface area contributed by atoms with Crippen LogP contribution >= 0.6 is 0 Å². The van der Waals surface area contributed by atoms with Crippen LogP contribution in [0.4, 0.5) is 24.5 Å². The van der Waals surface area contributed by atoms with E-state index in [4.69, 9.17) is 4.74 Å². The number of sulfone groups is 1. The van der Waals surface area contributed by atoms with Crippen molar-refractivity contribution in [2.24, 2.45) is 0 Å². The third-order valence-electron chi connectivity index (χ3n) is 4.70. The highest BCUT2D eigenvalue weighted by atomic mass is 32.2. The fourth-order valence-corrected chi connectivity index (χ4v) is 3.40. The number of carbonyl (C=O) groups is 2. The molecule has 0 aliphatic heterocycles. The molecule has 1 aromatic heterocycles. The van der Waals surface area contributed by atoms with Crippen LogP contribution in [0.25, 0.3) is 0 Å². The number of nitrogens with one attached hydrogen (secondary N) is 2. The Balaban J connectivity index is 1.83. The van der Waals surface area contributed by atoms with Crippen LogP contribution in [-0.4, -0.2) is 43.6 Å². The van der Waals surface area contributed by atoms with Gasteiger partial charge in [0.15, 0.2) is 0 Å². The molecule has 2 N–H and O–H groups in total. The van der Waals surface area contributed by atoms with E-state index in [-0.39, 0.29) is 28.4 Å². The fourth-order valence-electron chi connectivity index (χ4n) is 2.91. The number of ether oxygens (including phenoxy) is 1. The number of methoxy groups -OCH3 is 1. The van der Waals surface area contributed by atoms with Crippen LogP contribution in [0.15, 0.2) is 53.8 Å². The molecule has 0 saturated carbocycles. The first-order chi connectivity index (χ1) is 16.3. The number of hydrogen-bond donors (Lipinski definition) is 2. The van der Waals surface area contributed by atoms with Crippen molar-refractivity contribution in [3.8, 4) is 5.88 Å². The molecule has 0 spiro atoms. The first-order valence-electron chi connectivity index (χ1n) is 9.81. The topological polar surface area (TPSA) is 127 Å². The lowest BCUT2D eigenvalue weighted by atomic mass is 10.1.